The summed E-state index contributed by atoms with van der Waals surface area (Å²) in [6.45, 7) is 3.54. The predicted octanol–water partition coefficient (Wildman–Crippen LogP) is 1.46. The average molecular weight is 295 g/mol. The van der Waals surface area contributed by atoms with Crippen molar-refractivity contribution in [2.75, 3.05) is 24.7 Å². The summed E-state index contributed by atoms with van der Waals surface area (Å²) in [5.74, 6) is 2.26. The van der Waals surface area contributed by atoms with E-state index in [1.165, 1.54) is 0 Å². The van der Waals surface area contributed by atoms with Crippen LogP contribution in [0, 0.1) is 5.92 Å². The Morgan fingerprint density at radius 1 is 1.55 bits per heavy atom. The summed E-state index contributed by atoms with van der Waals surface area (Å²) in [7, 11) is 1.92. The number of carbonyl (C=O) groups excluding carboxylic acids is 1. The minimum absolute atomic E-state index is 0.0253. The molecule has 2 aliphatic rings. The van der Waals surface area contributed by atoms with Crippen molar-refractivity contribution in [2.24, 2.45) is 13.0 Å². The van der Waals surface area contributed by atoms with Gasteiger partial charge in [0, 0.05) is 43.5 Å². The fourth-order valence-corrected chi connectivity index (χ4v) is 4.11. The van der Waals surface area contributed by atoms with Crippen LogP contribution < -0.4 is 0 Å². The van der Waals surface area contributed by atoms with Gasteiger partial charge in [-0.1, -0.05) is 0 Å². The molecule has 110 valence electrons. The molecule has 1 aromatic rings. The highest BCUT2D eigenvalue weighted by Gasteiger charge is 2.38. The summed E-state index contributed by atoms with van der Waals surface area (Å²) >= 11 is 1.91. The van der Waals surface area contributed by atoms with Crippen LogP contribution >= 0.6 is 11.8 Å². The van der Waals surface area contributed by atoms with Crippen molar-refractivity contribution in [1.29, 1.82) is 0 Å². The fraction of sp³-hybridized carbons (Fsp3) is 0.714. The molecule has 0 saturated carbocycles. The molecule has 0 spiro atoms. The van der Waals surface area contributed by atoms with E-state index < -0.39 is 0 Å². The van der Waals surface area contributed by atoms with Gasteiger partial charge in [-0.2, -0.15) is 16.9 Å². The van der Waals surface area contributed by atoms with Crippen LogP contribution in [0.25, 0.3) is 0 Å². The van der Waals surface area contributed by atoms with Crippen molar-refractivity contribution >= 4 is 17.7 Å². The normalized spacial score (nSPS) is 30.7. The minimum Gasteiger partial charge on any atom is -0.378 e. The number of amides is 1. The highest BCUT2D eigenvalue weighted by molar-refractivity contribution is 7.99. The largest absolute Gasteiger partial charge is 0.378 e. The summed E-state index contributed by atoms with van der Waals surface area (Å²) in [5.41, 5.74) is 1.14. The highest BCUT2D eigenvalue weighted by Crippen LogP contribution is 2.33. The molecule has 6 heteroatoms. The third kappa shape index (κ3) is 2.59. The summed E-state index contributed by atoms with van der Waals surface area (Å²) in [5, 5.41) is 4.24. The van der Waals surface area contributed by atoms with Gasteiger partial charge in [-0.25, -0.2) is 0 Å². The maximum Gasteiger partial charge on any atom is 0.228 e. The van der Waals surface area contributed by atoms with Crippen molar-refractivity contribution in [3.05, 3.63) is 18.0 Å². The van der Waals surface area contributed by atoms with Gasteiger partial charge in [0.05, 0.1) is 24.3 Å². The maximum atomic E-state index is 12.8. The number of aryl methyl sites for hydroxylation is 1. The number of thioether (sulfide) groups is 1. The summed E-state index contributed by atoms with van der Waals surface area (Å²) in [6.07, 6.45) is 4.80. The van der Waals surface area contributed by atoms with Crippen molar-refractivity contribution in [3.8, 4) is 0 Å². The first-order valence-corrected chi connectivity index (χ1v) is 8.30. The first kappa shape index (κ1) is 13.9. The Bertz CT molecular complexity index is 491. The van der Waals surface area contributed by atoms with Gasteiger partial charge >= 0.3 is 0 Å². The van der Waals surface area contributed by atoms with E-state index in [4.69, 9.17) is 4.74 Å². The van der Waals surface area contributed by atoms with Crippen LogP contribution in [-0.2, 0) is 16.6 Å². The third-order valence-corrected chi connectivity index (χ3v) is 5.24. The van der Waals surface area contributed by atoms with Gasteiger partial charge in [-0.05, 0) is 13.3 Å². The zero-order chi connectivity index (χ0) is 14.1. The Kier molecular flexibility index (Phi) is 4.03. The molecule has 2 aliphatic heterocycles. The smallest absolute Gasteiger partial charge is 0.228 e. The van der Waals surface area contributed by atoms with E-state index in [2.05, 4.69) is 5.10 Å². The summed E-state index contributed by atoms with van der Waals surface area (Å²) in [4.78, 5) is 14.9. The molecular weight excluding hydrogens is 274 g/mol. The van der Waals surface area contributed by atoms with Crippen LogP contribution in [0.15, 0.2) is 12.4 Å². The van der Waals surface area contributed by atoms with E-state index >= 15 is 0 Å². The number of rotatable bonds is 2. The Hall–Kier alpha value is -1.01. The molecule has 2 saturated heterocycles. The molecule has 3 heterocycles. The van der Waals surface area contributed by atoms with E-state index in [0.29, 0.717) is 6.61 Å². The lowest BCUT2D eigenvalue weighted by Gasteiger charge is -2.37. The Morgan fingerprint density at radius 3 is 3.05 bits per heavy atom. The maximum absolute atomic E-state index is 12.8. The summed E-state index contributed by atoms with van der Waals surface area (Å²) in [6, 6.07) is 0.155. The van der Waals surface area contributed by atoms with Crippen LogP contribution in [0.2, 0.25) is 0 Å². The van der Waals surface area contributed by atoms with E-state index in [1.807, 2.05) is 43.0 Å². The fourth-order valence-electron chi connectivity index (χ4n) is 3.02. The van der Waals surface area contributed by atoms with E-state index in [9.17, 15) is 4.79 Å². The quantitative estimate of drug-likeness (QED) is 0.829. The Labute approximate surface area is 123 Å². The second-order valence-corrected chi connectivity index (χ2v) is 6.69. The van der Waals surface area contributed by atoms with Crippen molar-refractivity contribution in [1.82, 2.24) is 14.7 Å². The lowest BCUT2D eigenvalue weighted by Crippen LogP contribution is -2.45. The monoisotopic (exact) mass is 295 g/mol. The predicted molar refractivity (Wildman–Crippen MR) is 78.5 cm³/mol. The topological polar surface area (TPSA) is 47.4 Å². The second kappa shape index (κ2) is 5.77. The molecule has 0 aromatic carbocycles. The van der Waals surface area contributed by atoms with Gasteiger partial charge < -0.3 is 9.64 Å². The van der Waals surface area contributed by atoms with E-state index in [1.54, 1.807) is 4.68 Å². The van der Waals surface area contributed by atoms with Gasteiger partial charge in [-0.15, -0.1) is 0 Å². The minimum atomic E-state index is 0.0253. The van der Waals surface area contributed by atoms with Crippen LogP contribution in [0.4, 0.5) is 0 Å². The first-order valence-electron chi connectivity index (χ1n) is 7.15. The van der Waals surface area contributed by atoms with Crippen LogP contribution in [-0.4, -0.2) is 51.3 Å². The van der Waals surface area contributed by atoms with Gasteiger partial charge in [-0.3, -0.25) is 9.48 Å². The van der Waals surface area contributed by atoms with E-state index in [0.717, 1.165) is 30.0 Å². The molecular formula is C14H21N3O2S. The molecule has 20 heavy (non-hydrogen) atoms. The van der Waals surface area contributed by atoms with Crippen LogP contribution in [0.3, 0.4) is 0 Å². The highest BCUT2D eigenvalue weighted by atomic mass is 32.2. The van der Waals surface area contributed by atoms with Crippen molar-refractivity contribution in [2.45, 2.75) is 25.5 Å². The lowest BCUT2D eigenvalue weighted by molar-refractivity contribution is -0.139. The molecule has 0 radical (unpaired) electrons. The van der Waals surface area contributed by atoms with E-state index in [-0.39, 0.29) is 24.0 Å². The molecule has 0 N–H and O–H groups in total. The molecule has 1 aromatic heterocycles. The van der Waals surface area contributed by atoms with Crippen LogP contribution in [0.5, 0.6) is 0 Å². The lowest BCUT2D eigenvalue weighted by atomic mass is 9.99. The molecule has 1 amide bonds. The number of nitrogens with zero attached hydrogens (tertiary/aromatic N) is 3. The van der Waals surface area contributed by atoms with Crippen molar-refractivity contribution < 1.29 is 9.53 Å². The molecule has 2 fully saturated rings. The molecule has 3 rings (SSSR count). The number of ether oxygens (including phenoxy) is 1. The number of aromatic nitrogens is 2. The Morgan fingerprint density at radius 2 is 2.40 bits per heavy atom. The van der Waals surface area contributed by atoms with Gasteiger partial charge in [0.2, 0.25) is 5.91 Å². The zero-order valence-corrected chi connectivity index (χ0v) is 12.8. The molecule has 0 bridgehead atoms. The molecule has 0 aliphatic carbocycles. The first-order chi connectivity index (χ1) is 9.66. The van der Waals surface area contributed by atoms with Gasteiger partial charge in [0.15, 0.2) is 0 Å². The molecule has 5 nitrogen and oxygen atoms in total. The number of hydrogen-bond donors (Lipinski definition) is 0. The zero-order valence-electron chi connectivity index (χ0n) is 12.0. The number of carbonyl (C=O) groups is 1. The molecule has 3 atom stereocenters. The SMILES string of the molecule is C[C@@H]1OCC[C@H]1C(=O)N1CCSC[C@H]1c1cnn(C)c1. The standard InChI is InChI=1S/C14H21N3O2S/c1-10-12(3-5-19-10)14(18)17-4-6-20-9-13(17)11-7-15-16(2)8-11/h7-8,10,12-13H,3-6,9H2,1-2H3/t10-,12+,13-/m0/s1. The van der Waals surface area contributed by atoms with Crippen LogP contribution in [0.1, 0.15) is 24.9 Å². The molecule has 0 unspecified atom stereocenters. The van der Waals surface area contributed by atoms with Gasteiger partial charge in [0.25, 0.3) is 0 Å². The second-order valence-electron chi connectivity index (χ2n) is 5.54. The Balaban J connectivity index is 1.80. The third-order valence-electron chi connectivity index (χ3n) is 4.21. The average Bonchev–Trinajstić information content (AvgIpc) is 3.07. The summed E-state index contributed by atoms with van der Waals surface area (Å²) < 4.78 is 7.36. The van der Waals surface area contributed by atoms with Crippen molar-refractivity contribution in [3.63, 3.8) is 0 Å². The number of hydrogen-bond acceptors (Lipinski definition) is 4. The van der Waals surface area contributed by atoms with Gasteiger partial charge in [0.1, 0.15) is 0 Å².